The van der Waals surface area contributed by atoms with Gasteiger partial charge in [-0.2, -0.15) is 0 Å². The number of rotatable bonds is 0. The van der Waals surface area contributed by atoms with Crippen LogP contribution >= 0.6 is 15.9 Å². The molecule has 1 aliphatic carbocycles. The van der Waals surface area contributed by atoms with Crippen LogP contribution in [-0.4, -0.2) is 6.10 Å². The third-order valence-electron chi connectivity index (χ3n) is 3.32. The maximum absolute atomic E-state index is 5.75. The number of halogens is 1. The van der Waals surface area contributed by atoms with Crippen molar-refractivity contribution in [2.24, 2.45) is 5.41 Å². The Balaban J connectivity index is 2.11. The molecule has 2 atom stereocenters. The SMILES string of the molecule is CC1(C)Cc2ccc(Br)cc2C2OC21. The summed E-state index contributed by atoms with van der Waals surface area (Å²) in [5.41, 5.74) is 3.16. The molecular formula is C12H13BrO. The number of fused-ring (bicyclic) bond motifs is 3. The summed E-state index contributed by atoms with van der Waals surface area (Å²) in [5.74, 6) is 0. The van der Waals surface area contributed by atoms with Gasteiger partial charge in [0.2, 0.25) is 0 Å². The van der Waals surface area contributed by atoms with Crippen LogP contribution in [0.5, 0.6) is 0 Å². The van der Waals surface area contributed by atoms with Crippen molar-refractivity contribution >= 4 is 15.9 Å². The largest absolute Gasteiger partial charge is 0.364 e. The average molecular weight is 253 g/mol. The molecule has 1 aliphatic heterocycles. The van der Waals surface area contributed by atoms with Gasteiger partial charge in [0.25, 0.3) is 0 Å². The Bertz CT molecular complexity index is 397. The fraction of sp³-hybridized carbons (Fsp3) is 0.500. The first-order valence-electron chi connectivity index (χ1n) is 5.02. The highest BCUT2D eigenvalue weighted by atomic mass is 79.9. The zero-order valence-corrected chi connectivity index (χ0v) is 9.97. The number of hydrogen-bond acceptors (Lipinski definition) is 1. The minimum atomic E-state index is 0.311. The molecule has 0 radical (unpaired) electrons. The summed E-state index contributed by atoms with van der Waals surface area (Å²) >= 11 is 3.51. The van der Waals surface area contributed by atoms with Gasteiger partial charge in [-0.15, -0.1) is 0 Å². The molecule has 1 saturated heterocycles. The summed E-state index contributed by atoms with van der Waals surface area (Å²) in [4.78, 5) is 0. The van der Waals surface area contributed by atoms with Gasteiger partial charge < -0.3 is 4.74 Å². The Morgan fingerprint density at radius 1 is 1.43 bits per heavy atom. The lowest BCUT2D eigenvalue weighted by atomic mass is 9.74. The molecule has 74 valence electrons. The first-order chi connectivity index (χ1) is 6.58. The van der Waals surface area contributed by atoms with E-state index in [2.05, 4.69) is 48.0 Å². The number of ether oxygens (including phenoxy) is 1. The second-order valence-electron chi connectivity index (χ2n) is 4.99. The van der Waals surface area contributed by atoms with Crippen molar-refractivity contribution in [3.8, 4) is 0 Å². The highest BCUT2D eigenvalue weighted by Gasteiger charge is 2.54. The lowest BCUT2D eigenvalue weighted by Crippen LogP contribution is -2.26. The normalized spacial score (nSPS) is 31.9. The van der Waals surface area contributed by atoms with Crippen LogP contribution in [-0.2, 0) is 11.2 Å². The van der Waals surface area contributed by atoms with Crippen LogP contribution in [0.15, 0.2) is 22.7 Å². The van der Waals surface area contributed by atoms with E-state index in [-0.39, 0.29) is 0 Å². The lowest BCUT2D eigenvalue weighted by Gasteiger charge is -2.27. The maximum atomic E-state index is 5.75. The van der Waals surface area contributed by atoms with Crippen molar-refractivity contribution in [1.29, 1.82) is 0 Å². The maximum Gasteiger partial charge on any atom is 0.110 e. The molecule has 0 bridgehead atoms. The van der Waals surface area contributed by atoms with Crippen molar-refractivity contribution in [3.05, 3.63) is 33.8 Å². The van der Waals surface area contributed by atoms with Gasteiger partial charge in [0.1, 0.15) is 6.10 Å². The van der Waals surface area contributed by atoms with Crippen LogP contribution in [0.25, 0.3) is 0 Å². The first-order valence-corrected chi connectivity index (χ1v) is 5.81. The summed E-state index contributed by atoms with van der Waals surface area (Å²) in [6.45, 7) is 4.59. The fourth-order valence-corrected chi connectivity index (χ4v) is 2.90. The lowest BCUT2D eigenvalue weighted by molar-refractivity contribution is 0.242. The summed E-state index contributed by atoms with van der Waals surface area (Å²) in [6, 6.07) is 6.55. The molecule has 1 aromatic carbocycles. The summed E-state index contributed by atoms with van der Waals surface area (Å²) < 4.78 is 6.91. The van der Waals surface area contributed by atoms with Gasteiger partial charge in [-0.25, -0.2) is 0 Å². The third-order valence-corrected chi connectivity index (χ3v) is 3.82. The molecule has 2 aliphatic rings. The standard InChI is InChI=1S/C12H13BrO/c1-12(2)6-7-3-4-8(13)5-9(7)10-11(12)14-10/h3-5,10-11H,6H2,1-2H3. The van der Waals surface area contributed by atoms with Crippen LogP contribution < -0.4 is 0 Å². The summed E-state index contributed by atoms with van der Waals surface area (Å²) in [6.07, 6.45) is 1.95. The molecule has 0 saturated carbocycles. The Hall–Kier alpha value is -0.340. The van der Waals surface area contributed by atoms with Crippen molar-refractivity contribution in [2.75, 3.05) is 0 Å². The van der Waals surface area contributed by atoms with Crippen LogP contribution in [0.4, 0.5) is 0 Å². The highest BCUT2D eigenvalue weighted by molar-refractivity contribution is 9.10. The number of hydrogen-bond donors (Lipinski definition) is 0. The topological polar surface area (TPSA) is 12.5 Å². The van der Waals surface area contributed by atoms with Gasteiger partial charge in [-0.1, -0.05) is 35.8 Å². The summed E-state index contributed by atoms with van der Waals surface area (Å²) in [7, 11) is 0. The molecule has 0 N–H and O–H groups in total. The zero-order chi connectivity index (χ0) is 9.92. The van der Waals surface area contributed by atoms with Gasteiger partial charge in [0.05, 0.1) is 6.10 Å². The van der Waals surface area contributed by atoms with Gasteiger partial charge >= 0.3 is 0 Å². The quantitative estimate of drug-likeness (QED) is 0.645. The van der Waals surface area contributed by atoms with E-state index < -0.39 is 0 Å². The molecule has 14 heavy (non-hydrogen) atoms. The van der Waals surface area contributed by atoms with Crippen LogP contribution in [0.1, 0.15) is 31.1 Å². The number of benzene rings is 1. The minimum Gasteiger partial charge on any atom is -0.364 e. The molecule has 0 aromatic heterocycles. The van der Waals surface area contributed by atoms with Crippen molar-refractivity contribution < 1.29 is 4.74 Å². The predicted octanol–water partition coefficient (Wildman–Crippen LogP) is 3.47. The molecule has 1 heterocycles. The van der Waals surface area contributed by atoms with Crippen molar-refractivity contribution in [2.45, 2.75) is 32.5 Å². The third kappa shape index (κ3) is 1.17. The molecule has 2 heteroatoms. The second kappa shape index (κ2) is 2.61. The van der Waals surface area contributed by atoms with E-state index in [1.807, 2.05) is 0 Å². The average Bonchev–Trinajstić information content (AvgIpc) is 2.86. The van der Waals surface area contributed by atoms with Gasteiger partial charge in [0.15, 0.2) is 0 Å². The van der Waals surface area contributed by atoms with E-state index in [1.54, 1.807) is 0 Å². The smallest absolute Gasteiger partial charge is 0.110 e. The zero-order valence-electron chi connectivity index (χ0n) is 8.38. The molecule has 1 aromatic rings. The van der Waals surface area contributed by atoms with E-state index >= 15 is 0 Å². The van der Waals surface area contributed by atoms with Gasteiger partial charge in [-0.3, -0.25) is 0 Å². The molecule has 3 rings (SSSR count). The Morgan fingerprint density at radius 2 is 2.21 bits per heavy atom. The molecule has 0 spiro atoms. The second-order valence-corrected chi connectivity index (χ2v) is 5.90. The molecular weight excluding hydrogens is 240 g/mol. The number of epoxide rings is 1. The first kappa shape index (κ1) is 8.93. The van der Waals surface area contributed by atoms with Gasteiger partial charge in [0, 0.05) is 4.47 Å². The van der Waals surface area contributed by atoms with E-state index in [9.17, 15) is 0 Å². The fourth-order valence-electron chi connectivity index (χ4n) is 2.53. The van der Waals surface area contributed by atoms with Crippen LogP contribution in [0.2, 0.25) is 0 Å². The van der Waals surface area contributed by atoms with Crippen LogP contribution in [0.3, 0.4) is 0 Å². The predicted molar refractivity (Wildman–Crippen MR) is 59.2 cm³/mol. The van der Waals surface area contributed by atoms with E-state index in [0.29, 0.717) is 17.6 Å². The Kier molecular flexibility index (Phi) is 1.67. The van der Waals surface area contributed by atoms with Crippen molar-refractivity contribution in [3.63, 3.8) is 0 Å². The molecule has 0 amide bonds. The molecule has 1 fully saturated rings. The highest BCUT2D eigenvalue weighted by Crippen LogP contribution is 2.55. The van der Waals surface area contributed by atoms with Crippen molar-refractivity contribution in [1.82, 2.24) is 0 Å². The Labute approximate surface area is 92.6 Å². The monoisotopic (exact) mass is 252 g/mol. The molecule has 1 nitrogen and oxygen atoms in total. The van der Waals surface area contributed by atoms with E-state index in [0.717, 1.165) is 10.9 Å². The molecule has 2 unspecified atom stereocenters. The van der Waals surface area contributed by atoms with E-state index in [1.165, 1.54) is 11.1 Å². The van der Waals surface area contributed by atoms with Crippen LogP contribution in [0, 0.1) is 5.41 Å². The van der Waals surface area contributed by atoms with Gasteiger partial charge in [-0.05, 0) is 35.1 Å². The summed E-state index contributed by atoms with van der Waals surface area (Å²) in [5, 5.41) is 0. The minimum absolute atomic E-state index is 0.311. The Morgan fingerprint density at radius 3 is 3.00 bits per heavy atom. The van der Waals surface area contributed by atoms with E-state index in [4.69, 9.17) is 4.74 Å².